The molecule has 2 unspecified atom stereocenters. The summed E-state index contributed by atoms with van der Waals surface area (Å²) >= 11 is 13.0. The first-order valence-electron chi connectivity index (χ1n) is 15.0. The second kappa shape index (κ2) is 15.3. The van der Waals surface area contributed by atoms with Crippen molar-refractivity contribution in [3.05, 3.63) is 128 Å². The van der Waals surface area contributed by atoms with Crippen molar-refractivity contribution in [2.45, 2.75) is 64.5 Å². The average molecular weight is 802 g/mol. The number of aromatic hydroxyl groups is 2. The molecule has 4 aromatic rings. The first-order chi connectivity index (χ1) is 22.2. The number of nitrogens with zero attached hydrogens (tertiary/aromatic N) is 2. The van der Waals surface area contributed by atoms with Crippen LogP contribution in [0, 0.1) is 0 Å². The molecule has 0 heterocycles. The third-order valence-electron chi connectivity index (χ3n) is 7.15. The van der Waals surface area contributed by atoms with Crippen LogP contribution in [-0.4, -0.2) is 22.6 Å². The quantitative estimate of drug-likeness (QED) is 0.0846. The molecule has 0 spiro atoms. The summed E-state index contributed by atoms with van der Waals surface area (Å²) < 4.78 is 59.2. The first kappa shape index (κ1) is 43.1. The van der Waals surface area contributed by atoms with Gasteiger partial charge in [0.15, 0.2) is 0 Å². The summed E-state index contributed by atoms with van der Waals surface area (Å²) in [6.45, 7) is 12.2. The van der Waals surface area contributed by atoms with Crippen LogP contribution >= 0.6 is 31.0 Å². The Morgan fingerprint density at radius 2 is 0.860 bits per heavy atom. The fourth-order valence-electron chi connectivity index (χ4n) is 4.90. The Bertz CT molecular complexity index is 1700. The van der Waals surface area contributed by atoms with E-state index in [1.807, 2.05) is 102 Å². The zero-order chi connectivity index (χ0) is 37.1. The molecule has 4 nitrogen and oxygen atoms in total. The Balaban J connectivity index is 0.000000980. The average Bonchev–Trinajstić information content (AvgIpc) is 2.95. The van der Waals surface area contributed by atoms with Crippen LogP contribution in [0.25, 0.3) is 0 Å². The van der Waals surface area contributed by atoms with Crippen LogP contribution in [0.4, 0.5) is 25.2 Å². The molecule has 1 radical (unpaired) electrons. The van der Waals surface area contributed by atoms with Crippen molar-refractivity contribution in [1.82, 2.24) is 0 Å². The van der Waals surface area contributed by atoms with E-state index in [0.717, 1.165) is 22.3 Å². The molecule has 0 saturated heterocycles. The minimum atomic E-state index is -10.7. The summed E-state index contributed by atoms with van der Waals surface area (Å²) in [5, 5.41) is 23.4. The predicted molar refractivity (Wildman–Crippen MR) is 191 cm³/mol. The van der Waals surface area contributed by atoms with Gasteiger partial charge < -0.3 is 10.2 Å². The number of rotatable bonds is 7. The van der Waals surface area contributed by atoms with E-state index in [1.54, 1.807) is 36.7 Å². The van der Waals surface area contributed by atoms with Gasteiger partial charge >= 0.3 is 33.0 Å². The number of phenols is 2. The van der Waals surface area contributed by atoms with Crippen LogP contribution < -0.4 is 0 Å². The van der Waals surface area contributed by atoms with Crippen molar-refractivity contribution in [3.63, 3.8) is 0 Å². The number of hydrogen-bond acceptors (Lipinski definition) is 4. The smallest absolute Gasteiger partial charge is 0 e. The molecule has 2 N–H and O–H groups in total. The van der Waals surface area contributed by atoms with Gasteiger partial charge in [0.25, 0.3) is 0 Å². The molecule has 2 atom stereocenters. The van der Waals surface area contributed by atoms with Gasteiger partial charge in [0.2, 0.25) is 0 Å². The van der Waals surface area contributed by atoms with Crippen molar-refractivity contribution in [2.24, 2.45) is 9.98 Å². The zero-order valence-corrected chi connectivity index (χ0v) is 31.6. The third kappa shape index (κ3) is 13.9. The maximum Gasteiger partial charge on any atom is 0 e. The van der Waals surface area contributed by atoms with E-state index in [-0.39, 0.29) is 39.4 Å². The van der Waals surface area contributed by atoms with Crippen LogP contribution in [0.5, 0.6) is 11.5 Å². The number of phenolic OH excluding ortho intramolecular Hbond substituents is 2. The summed E-state index contributed by atoms with van der Waals surface area (Å²) in [7, 11) is -10.7. The normalized spacial score (nSPS) is 15.0. The Kier molecular flexibility index (Phi) is 13.2. The molecule has 0 aliphatic rings. The maximum atomic E-state index is 11.2. The number of halogens is 8. The van der Waals surface area contributed by atoms with Gasteiger partial charge in [0.05, 0.1) is 0 Å². The van der Waals surface area contributed by atoms with E-state index in [2.05, 4.69) is 0 Å². The van der Waals surface area contributed by atoms with Gasteiger partial charge in [-0.05, 0) is 46.2 Å². The van der Waals surface area contributed by atoms with E-state index in [0.29, 0.717) is 21.2 Å². The van der Waals surface area contributed by atoms with Crippen LogP contribution in [-0.2, 0) is 27.9 Å². The molecule has 50 heavy (non-hydrogen) atoms. The number of hydrogen-bond donors (Lipinski definition) is 2. The Morgan fingerprint density at radius 3 is 1.12 bits per heavy atom. The molecule has 273 valence electrons. The largest absolute Gasteiger partial charge is 0 e. The van der Waals surface area contributed by atoms with E-state index < -0.39 is 19.9 Å². The van der Waals surface area contributed by atoms with Gasteiger partial charge in [-0.1, -0.05) is 125 Å². The van der Waals surface area contributed by atoms with Gasteiger partial charge in [-0.25, -0.2) is 0 Å². The maximum absolute atomic E-state index is 11.2. The van der Waals surface area contributed by atoms with Crippen molar-refractivity contribution in [2.75, 3.05) is 0 Å². The van der Waals surface area contributed by atoms with Crippen LogP contribution in [0.2, 0.25) is 10.0 Å². The Labute approximate surface area is 309 Å². The summed E-state index contributed by atoms with van der Waals surface area (Å²) in [5.41, 5.74) is 3.84. The van der Waals surface area contributed by atoms with Gasteiger partial charge in [-0.3, -0.25) is 9.98 Å². The fraction of sp³-hybridized carbons (Fsp3) is 0.278. The molecular formula is C36H38Cl2F6MnN2O2P-. The predicted octanol–water partition coefficient (Wildman–Crippen LogP) is 13.4. The van der Waals surface area contributed by atoms with E-state index in [4.69, 9.17) is 33.2 Å². The Hall–Kier alpha value is -3.07. The van der Waals surface area contributed by atoms with Gasteiger partial charge in [0.1, 0.15) is 23.6 Å². The van der Waals surface area contributed by atoms with Crippen LogP contribution in [0.15, 0.2) is 94.9 Å². The van der Waals surface area contributed by atoms with E-state index >= 15 is 0 Å². The topological polar surface area (TPSA) is 65.2 Å². The molecule has 4 rings (SSSR count). The first-order valence-corrected chi connectivity index (χ1v) is 17.8. The van der Waals surface area contributed by atoms with Crippen molar-refractivity contribution >= 4 is 43.4 Å². The second-order valence-corrected chi connectivity index (χ2v) is 16.3. The number of aliphatic imine (C=N–C) groups is 2. The minimum Gasteiger partial charge on any atom is 0 e. The molecule has 4 aromatic carbocycles. The van der Waals surface area contributed by atoms with Gasteiger partial charge in [-0.15, -0.1) is 0 Å². The monoisotopic (exact) mass is 800 g/mol. The molecule has 0 aromatic heterocycles. The molecule has 14 heteroatoms. The molecular weight excluding hydrogens is 763 g/mol. The van der Waals surface area contributed by atoms with Crippen molar-refractivity contribution in [3.8, 4) is 11.5 Å². The van der Waals surface area contributed by atoms with E-state index in [1.165, 1.54) is 0 Å². The molecule has 0 saturated carbocycles. The summed E-state index contributed by atoms with van der Waals surface area (Å²) in [4.78, 5) is 10.1. The van der Waals surface area contributed by atoms with E-state index in [9.17, 15) is 35.4 Å². The molecule has 0 aliphatic carbocycles. The molecule has 0 aliphatic heterocycles. The van der Waals surface area contributed by atoms with Crippen LogP contribution in [0.3, 0.4) is 0 Å². The van der Waals surface area contributed by atoms with Crippen molar-refractivity contribution in [1.29, 1.82) is 0 Å². The summed E-state index contributed by atoms with van der Waals surface area (Å²) in [6.07, 6.45) is 3.35. The molecule has 0 amide bonds. The van der Waals surface area contributed by atoms with Crippen LogP contribution in [0.1, 0.15) is 87.0 Å². The van der Waals surface area contributed by atoms with Gasteiger partial charge in [-0.2, -0.15) is 0 Å². The summed E-state index contributed by atoms with van der Waals surface area (Å²) in [6, 6.07) is 26.0. The zero-order valence-electron chi connectivity index (χ0n) is 28.0. The summed E-state index contributed by atoms with van der Waals surface area (Å²) in [5.74, 6) is 0.307. The number of benzene rings is 4. The second-order valence-electron chi connectivity index (χ2n) is 13.5. The third-order valence-corrected chi connectivity index (χ3v) is 7.59. The minimum absolute atomic E-state index is 0. The SMILES string of the molecule is CC(C)(C)c1cc(Cl)cc(C=NC(c2ccccc2)C(N=Cc2cc(Cl)cc(C(C)(C)C)c2O)c2ccccc2)c1O.F[P-](F)(F)(F)(F)F.[Mn]. The standard InChI is InChI=1S/C36H38Cl2N2O2.F6P.Mn/c1-35(2,3)29-19-27(37)17-25(33(29)41)21-39-31(23-13-9-7-10-14-23)32(24-15-11-8-12-16-24)40-22-26-18-28(38)20-30(34(26)42)36(4,5)6;1-7(2,3,4,5)6;/h7-22,31-32,41-42H,1-6H3;;/q;-1;. The Morgan fingerprint density at radius 1 is 0.580 bits per heavy atom. The molecule has 0 bridgehead atoms. The fourth-order valence-corrected chi connectivity index (χ4v) is 5.36. The van der Waals surface area contributed by atoms with Crippen molar-refractivity contribution < 1.29 is 52.5 Å². The molecule has 0 fully saturated rings. The van der Waals surface area contributed by atoms with Gasteiger partial charge in [0, 0.05) is 61.8 Å².